The number of aryl methyl sites for hydroxylation is 4. The Balaban J connectivity index is 1.79. The van der Waals surface area contributed by atoms with Crippen LogP contribution in [0.25, 0.3) is 0 Å². The number of hydrogen-bond donors (Lipinski definition) is 1. The van der Waals surface area contributed by atoms with Crippen molar-refractivity contribution in [1.82, 2.24) is 24.5 Å². The van der Waals surface area contributed by atoms with Crippen LogP contribution in [0.2, 0.25) is 0 Å². The van der Waals surface area contributed by atoms with Crippen molar-refractivity contribution in [2.75, 3.05) is 13.1 Å². The van der Waals surface area contributed by atoms with Crippen LogP contribution >= 0.6 is 0 Å². The Bertz CT molecular complexity index is 838. The van der Waals surface area contributed by atoms with Gasteiger partial charge in [0.1, 0.15) is 11.0 Å². The van der Waals surface area contributed by atoms with E-state index in [-0.39, 0.29) is 17.5 Å². The lowest BCUT2D eigenvalue weighted by molar-refractivity contribution is 0.118. The van der Waals surface area contributed by atoms with Crippen LogP contribution in [0.3, 0.4) is 0 Å². The summed E-state index contributed by atoms with van der Waals surface area (Å²) in [6.45, 7) is 7.92. The number of hydrogen-bond acceptors (Lipinski definition) is 6. The molecule has 25 heavy (non-hydrogen) atoms. The number of nitrogens with one attached hydrogen (secondary N) is 1. The Morgan fingerprint density at radius 3 is 2.48 bits per heavy atom. The Labute approximate surface area is 147 Å². The SMILES string of the molecule is Cc1cc(C)nc(OC2CCCN(S(=O)(=O)c3c(C)n[nH]c3C)C2)n1. The molecule has 1 N–H and O–H groups in total. The van der Waals surface area contributed by atoms with Crippen LogP contribution < -0.4 is 4.74 Å². The highest BCUT2D eigenvalue weighted by molar-refractivity contribution is 7.89. The van der Waals surface area contributed by atoms with Gasteiger partial charge in [0.05, 0.1) is 17.9 Å². The molecule has 1 fully saturated rings. The molecule has 1 saturated heterocycles. The van der Waals surface area contributed by atoms with Gasteiger partial charge in [0.25, 0.3) is 0 Å². The molecular formula is C16H23N5O3S. The zero-order chi connectivity index (χ0) is 18.2. The van der Waals surface area contributed by atoms with E-state index in [9.17, 15) is 8.42 Å². The minimum atomic E-state index is -3.60. The molecule has 0 radical (unpaired) electrons. The molecule has 0 aliphatic carbocycles. The van der Waals surface area contributed by atoms with Crippen molar-refractivity contribution < 1.29 is 13.2 Å². The largest absolute Gasteiger partial charge is 0.459 e. The average molecular weight is 365 g/mol. The van der Waals surface area contributed by atoms with Gasteiger partial charge in [0.15, 0.2) is 0 Å². The first-order chi connectivity index (χ1) is 11.8. The fraction of sp³-hybridized carbons (Fsp3) is 0.562. The summed E-state index contributed by atoms with van der Waals surface area (Å²) < 4.78 is 33.3. The number of aromatic amines is 1. The molecule has 2 aromatic rings. The Morgan fingerprint density at radius 1 is 1.20 bits per heavy atom. The molecule has 3 rings (SSSR count). The molecule has 8 nitrogen and oxygen atoms in total. The van der Waals surface area contributed by atoms with Gasteiger partial charge in [-0.2, -0.15) is 9.40 Å². The van der Waals surface area contributed by atoms with Crippen LogP contribution in [-0.2, 0) is 10.0 Å². The molecule has 2 aromatic heterocycles. The first-order valence-electron chi connectivity index (χ1n) is 8.28. The topological polar surface area (TPSA) is 101 Å². The third kappa shape index (κ3) is 3.67. The van der Waals surface area contributed by atoms with Crippen molar-refractivity contribution in [2.24, 2.45) is 0 Å². The second kappa shape index (κ2) is 6.72. The molecule has 0 aromatic carbocycles. The molecule has 0 saturated carbocycles. The fourth-order valence-electron chi connectivity index (χ4n) is 3.16. The molecule has 1 unspecified atom stereocenters. The molecule has 1 atom stereocenters. The van der Waals surface area contributed by atoms with Gasteiger partial charge in [-0.05, 0) is 46.6 Å². The summed E-state index contributed by atoms with van der Waals surface area (Å²) in [6, 6.07) is 2.17. The van der Waals surface area contributed by atoms with Gasteiger partial charge >= 0.3 is 6.01 Å². The highest BCUT2D eigenvalue weighted by atomic mass is 32.2. The van der Waals surface area contributed by atoms with Gasteiger partial charge in [-0.3, -0.25) is 5.10 Å². The van der Waals surface area contributed by atoms with Crippen molar-refractivity contribution in [3.8, 4) is 6.01 Å². The quantitative estimate of drug-likeness (QED) is 0.884. The average Bonchev–Trinajstić information content (AvgIpc) is 2.86. The summed E-state index contributed by atoms with van der Waals surface area (Å²) in [7, 11) is -3.60. The summed E-state index contributed by atoms with van der Waals surface area (Å²) in [4.78, 5) is 8.81. The van der Waals surface area contributed by atoms with Gasteiger partial charge in [0, 0.05) is 17.9 Å². The smallest absolute Gasteiger partial charge is 0.317 e. The second-order valence-electron chi connectivity index (χ2n) is 6.44. The number of piperidine rings is 1. The summed E-state index contributed by atoms with van der Waals surface area (Å²) >= 11 is 0. The summed E-state index contributed by atoms with van der Waals surface area (Å²) in [5, 5.41) is 6.74. The zero-order valence-corrected chi connectivity index (χ0v) is 15.7. The Kier molecular flexibility index (Phi) is 4.79. The first kappa shape index (κ1) is 17.8. The van der Waals surface area contributed by atoms with Crippen molar-refractivity contribution in [1.29, 1.82) is 0 Å². The van der Waals surface area contributed by atoms with Crippen molar-refractivity contribution >= 4 is 10.0 Å². The van der Waals surface area contributed by atoms with Crippen molar-refractivity contribution in [2.45, 2.75) is 51.5 Å². The van der Waals surface area contributed by atoms with Gasteiger partial charge in [0.2, 0.25) is 10.0 Å². The lowest BCUT2D eigenvalue weighted by atomic mass is 10.1. The first-order valence-corrected chi connectivity index (χ1v) is 9.72. The number of aromatic nitrogens is 4. The van der Waals surface area contributed by atoms with Gasteiger partial charge in [-0.25, -0.2) is 18.4 Å². The molecular weight excluding hydrogens is 342 g/mol. The maximum absolute atomic E-state index is 13.0. The molecule has 3 heterocycles. The third-order valence-corrected chi connectivity index (χ3v) is 6.36. The van der Waals surface area contributed by atoms with E-state index in [0.29, 0.717) is 23.9 Å². The molecule has 136 valence electrons. The maximum Gasteiger partial charge on any atom is 0.317 e. The summed E-state index contributed by atoms with van der Waals surface area (Å²) in [6.07, 6.45) is 1.23. The van der Waals surface area contributed by atoms with E-state index in [0.717, 1.165) is 24.2 Å². The lowest BCUT2D eigenvalue weighted by Gasteiger charge is -2.31. The van der Waals surface area contributed by atoms with E-state index in [1.807, 2.05) is 19.9 Å². The monoisotopic (exact) mass is 365 g/mol. The van der Waals surface area contributed by atoms with Crippen LogP contribution in [0.15, 0.2) is 11.0 Å². The van der Waals surface area contributed by atoms with E-state index in [1.54, 1.807) is 13.8 Å². The summed E-state index contributed by atoms with van der Waals surface area (Å²) in [5.74, 6) is 0. The maximum atomic E-state index is 13.0. The van der Waals surface area contributed by atoms with E-state index < -0.39 is 10.0 Å². The third-order valence-electron chi connectivity index (χ3n) is 4.23. The van der Waals surface area contributed by atoms with Gasteiger partial charge in [-0.1, -0.05) is 0 Å². The highest BCUT2D eigenvalue weighted by Gasteiger charge is 2.34. The lowest BCUT2D eigenvalue weighted by Crippen LogP contribution is -2.44. The number of rotatable bonds is 4. The van der Waals surface area contributed by atoms with Crippen molar-refractivity contribution in [3.05, 3.63) is 28.8 Å². The minimum absolute atomic E-state index is 0.260. The van der Waals surface area contributed by atoms with Crippen LogP contribution in [0.4, 0.5) is 0 Å². The van der Waals surface area contributed by atoms with Crippen LogP contribution in [-0.4, -0.2) is 52.1 Å². The Hall–Kier alpha value is -2.00. The molecule has 0 amide bonds. The minimum Gasteiger partial charge on any atom is -0.459 e. The van der Waals surface area contributed by atoms with E-state index in [4.69, 9.17) is 4.74 Å². The number of H-pyrrole nitrogens is 1. The fourth-order valence-corrected chi connectivity index (χ4v) is 5.01. The van der Waals surface area contributed by atoms with E-state index in [2.05, 4.69) is 20.2 Å². The predicted octanol–water partition coefficient (Wildman–Crippen LogP) is 1.67. The number of sulfonamides is 1. The van der Waals surface area contributed by atoms with Crippen molar-refractivity contribution in [3.63, 3.8) is 0 Å². The predicted molar refractivity (Wildman–Crippen MR) is 92.0 cm³/mol. The summed E-state index contributed by atoms with van der Waals surface area (Å²) in [5.41, 5.74) is 2.69. The molecule has 0 spiro atoms. The number of nitrogens with zero attached hydrogens (tertiary/aromatic N) is 4. The second-order valence-corrected chi connectivity index (χ2v) is 8.32. The molecule has 0 bridgehead atoms. The molecule has 9 heteroatoms. The van der Waals surface area contributed by atoms with E-state index >= 15 is 0 Å². The van der Waals surface area contributed by atoms with Crippen LogP contribution in [0.1, 0.15) is 35.6 Å². The van der Waals surface area contributed by atoms with Gasteiger partial charge in [-0.15, -0.1) is 0 Å². The molecule has 1 aliphatic heterocycles. The molecule has 1 aliphatic rings. The zero-order valence-electron chi connectivity index (χ0n) is 14.9. The van der Waals surface area contributed by atoms with E-state index in [1.165, 1.54) is 4.31 Å². The number of ether oxygens (including phenoxy) is 1. The normalized spacial score (nSPS) is 19.1. The standard InChI is InChI=1S/C16H23N5O3S/c1-10-8-11(2)18-16(17-10)24-14-6-5-7-21(9-14)25(22,23)15-12(3)19-20-13(15)4/h8,14H,5-7,9H2,1-4H3,(H,19,20). The van der Waals surface area contributed by atoms with Crippen LogP contribution in [0.5, 0.6) is 6.01 Å². The Morgan fingerprint density at radius 2 is 1.88 bits per heavy atom. The van der Waals surface area contributed by atoms with Gasteiger partial charge < -0.3 is 4.74 Å². The van der Waals surface area contributed by atoms with Crippen LogP contribution in [0, 0.1) is 27.7 Å². The highest BCUT2D eigenvalue weighted by Crippen LogP contribution is 2.26.